The summed E-state index contributed by atoms with van der Waals surface area (Å²) in [6, 6.07) is 11.1. The van der Waals surface area contributed by atoms with Gasteiger partial charge in [0.25, 0.3) is 0 Å². The number of carbonyl (C=O) groups is 1. The number of halogens is 1. The van der Waals surface area contributed by atoms with Gasteiger partial charge >= 0.3 is 5.97 Å². The zero-order valence-electron chi connectivity index (χ0n) is 18.7. The quantitative estimate of drug-likeness (QED) is 0.680. The lowest BCUT2D eigenvalue weighted by molar-refractivity contribution is -0.144. The molecule has 5 heteroatoms. The summed E-state index contributed by atoms with van der Waals surface area (Å²) < 4.78 is 19.2. The van der Waals surface area contributed by atoms with E-state index in [4.69, 9.17) is 4.74 Å². The first-order valence-electron chi connectivity index (χ1n) is 11.8. The number of pyridine rings is 1. The van der Waals surface area contributed by atoms with Gasteiger partial charge in [0, 0.05) is 23.7 Å². The largest absolute Gasteiger partial charge is 0.462 e. The van der Waals surface area contributed by atoms with Crippen LogP contribution in [-0.2, 0) is 9.53 Å². The molecule has 1 saturated heterocycles. The van der Waals surface area contributed by atoms with Crippen LogP contribution in [0.5, 0.6) is 0 Å². The molecule has 1 aliphatic heterocycles. The number of allylic oxidation sites excluding steroid dienone is 1. The Morgan fingerprint density at radius 3 is 2.78 bits per heavy atom. The fourth-order valence-electron chi connectivity index (χ4n) is 6.43. The Morgan fingerprint density at radius 2 is 2.03 bits per heavy atom. The summed E-state index contributed by atoms with van der Waals surface area (Å²) >= 11 is 0. The number of rotatable bonds is 4. The number of esters is 1. The van der Waals surface area contributed by atoms with E-state index in [0.717, 1.165) is 29.7 Å². The van der Waals surface area contributed by atoms with Crippen molar-refractivity contribution in [3.63, 3.8) is 0 Å². The summed E-state index contributed by atoms with van der Waals surface area (Å²) in [5.74, 6) is 1.46. The molecule has 7 atom stereocenters. The van der Waals surface area contributed by atoms with Gasteiger partial charge in [0.15, 0.2) is 0 Å². The Bertz CT molecular complexity index is 1000. The minimum absolute atomic E-state index is 0.0106. The summed E-state index contributed by atoms with van der Waals surface area (Å²) in [6.45, 7) is 2.05. The lowest BCUT2D eigenvalue weighted by Crippen LogP contribution is -2.46. The van der Waals surface area contributed by atoms with Gasteiger partial charge in [-0.2, -0.15) is 0 Å². The van der Waals surface area contributed by atoms with Crippen LogP contribution in [0.4, 0.5) is 4.39 Å². The number of nitrogens with one attached hydrogen (secondary N) is 1. The predicted octanol–water partition coefficient (Wildman–Crippen LogP) is 5.10. The summed E-state index contributed by atoms with van der Waals surface area (Å²) in [7, 11) is 2.04. The summed E-state index contributed by atoms with van der Waals surface area (Å²) in [5.41, 5.74) is 2.60. The molecule has 32 heavy (non-hydrogen) atoms. The number of aromatic nitrogens is 1. The molecule has 0 radical (unpaired) electrons. The second-order valence-electron chi connectivity index (χ2n) is 9.70. The topological polar surface area (TPSA) is 51.2 Å². The van der Waals surface area contributed by atoms with Crippen LogP contribution in [0.15, 0.2) is 48.7 Å². The average Bonchev–Trinajstić information content (AvgIpc) is 3.09. The molecule has 4 nitrogen and oxygen atoms in total. The highest BCUT2D eigenvalue weighted by Crippen LogP contribution is 2.53. The molecular weight excluding hydrogens is 403 g/mol. The Kier molecular flexibility index (Phi) is 5.85. The zero-order chi connectivity index (χ0) is 22.2. The van der Waals surface area contributed by atoms with Crippen LogP contribution in [0.1, 0.15) is 38.3 Å². The van der Waals surface area contributed by atoms with Crippen molar-refractivity contribution in [2.75, 3.05) is 7.05 Å². The minimum Gasteiger partial charge on any atom is -0.462 e. The molecule has 0 unspecified atom stereocenters. The van der Waals surface area contributed by atoms with Crippen molar-refractivity contribution < 1.29 is 13.9 Å². The Labute approximate surface area is 189 Å². The van der Waals surface area contributed by atoms with E-state index in [9.17, 15) is 9.18 Å². The second-order valence-corrected chi connectivity index (χ2v) is 9.70. The highest BCUT2D eigenvalue weighted by molar-refractivity contribution is 5.75. The number of hydrogen-bond donors (Lipinski definition) is 1. The van der Waals surface area contributed by atoms with Gasteiger partial charge in [0.2, 0.25) is 0 Å². The zero-order valence-corrected chi connectivity index (χ0v) is 18.7. The van der Waals surface area contributed by atoms with Crippen LogP contribution < -0.4 is 5.32 Å². The van der Waals surface area contributed by atoms with E-state index in [1.165, 1.54) is 25.0 Å². The van der Waals surface area contributed by atoms with E-state index in [2.05, 4.69) is 29.4 Å². The second kappa shape index (κ2) is 8.78. The standard InChI is InChI=1S/C27H31FN2O2/c1-16-26-24(23-10-9-22(29-2)13-19(23)14-25(26)27(31)32-16)11-8-21-7-6-18(15-30-21)17-4-3-5-20(28)12-17/h3-8,11-12,15-16,19,22-26,29H,9-10,13-14H2,1-2H3/b11-8+/t16-,19+,22+,23-,24+,25-,26+/m1/s1. The lowest BCUT2D eigenvalue weighted by Gasteiger charge is -2.47. The van der Waals surface area contributed by atoms with Crippen molar-refractivity contribution >= 4 is 12.0 Å². The molecule has 2 heterocycles. The summed E-state index contributed by atoms with van der Waals surface area (Å²) in [6.07, 6.45) is 10.6. The molecule has 0 spiro atoms. The number of hydrogen-bond acceptors (Lipinski definition) is 4. The van der Waals surface area contributed by atoms with Crippen LogP contribution in [0, 0.1) is 35.4 Å². The molecule has 168 valence electrons. The van der Waals surface area contributed by atoms with E-state index >= 15 is 0 Å². The van der Waals surface area contributed by atoms with Crippen LogP contribution in [0.2, 0.25) is 0 Å². The molecule has 1 aromatic heterocycles. The molecular formula is C27H31FN2O2. The van der Waals surface area contributed by atoms with Crippen molar-refractivity contribution in [2.24, 2.45) is 29.6 Å². The number of fused-ring (bicyclic) bond motifs is 2. The van der Waals surface area contributed by atoms with Crippen LogP contribution >= 0.6 is 0 Å². The first-order chi connectivity index (χ1) is 15.5. The molecule has 0 bridgehead atoms. The number of ether oxygens (including phenoxy) is 1. The maximum Gasteiger partial charge on any atom is 0.309 e. The van der Waals surface area contributed by atoms with Gasteiger partial charge in [0.1, 0.15) is 11.9 Å². The molecule has 1 N–H and O–H groups in total. The van der Waals surface area contributed by atoms with Crippen molar-refractivity contribution in [2.45, 2.75) is 44.8 Å². The molecule has 3 aliphatic rings. The fraction of sp³-hybridized carbons (Fsp3) is 0.481. The first kappa shape index (κ1) is 21.3. The van der Waals surface area contributed by atoms with Gasteiger partial charge in [-0.1, -0.05) is 24.3 Å². The van der Waals surface area contributed by atoms with Crippen LogP contribution in [-0.4, -0.2) is 30.1 Å². The van der Waals surface area contributed by atoms with Gasteiger partial charge < -0.3 is 10.1 Å². The van der Waals surface area contributed by atoms with Gasteiger partial charge in [-0.3, -0.25) is 9.78 Å². The average molecular weight is 435 g/mol. The smallest absolute Gasteiger partial charge is 0.309 e. The van der Waals surface area contributed by atoms with Gasteiger partial charge in [0.05, 0.1) is 11.6 Å². The first-order valence-corrected chi connectivity index (χ1v) is 11.8. The van der Waals surface area contributed by atoms with Gasteiger partial charge in [-0.05, 0) is 87.2 Å². The maximum atomic E-state index is 13.5. The molecule has 5 rings (SSSR count). The van der Waals surface area contributed by atoms with E-state index in [1.54, 1.807) is 12.3 Å². The number of carbonyl (C=O) groups excluding carboxylic acids is 1. The van der Waals surface area contributed by atoms with Crippen molar-refractivity contribution in [3.8, 4) is 11.1 Å². The molecule has 2 saturated carbocycles. The third-order valence-corrected chi connectivity index (χ3v) is 7.99. The van der Waals surface area contributed by atoms with E-state index < -0.39 is 0 Å². The van der Waals surface area contributed by atoms with Crippen molar-refractivity contribution in [1.29, 1.82) is 0 Å². The summed E-state index contributed by atoms with van der Waals surface area (Å²) in [4.78, 5) is 17.2. The SMILES string of the molecule is CN[C@H]1CC[C@@H]2[C@@H](C1)C[C@H]1C(=O)O[C@H](C)[C@H]1[C@H]2/C=C/c1ccc(-c2cccc(F)c2)cn1. The van der Waals surface area contributed by atoms with Gasteiger partial charge in [-0.15, -0.1) is 0 Å². The predicted molar refractivity (Wildman–Crippen MR) is 123 cm³/mol. The number of nitrogens with zero attached hydrogens (tertiary/aromatic N) is 1. The highest BCUT2D eigenvalue weighted by Gasteiger charge is 2.54. The van der Waals surface area contributed by atoms with E-state index in [0.29, 0.717) is 23.8 Å². The molecule has 3 fully saturated rings. The third kappa shape index (κ3) is 3.99. The van der Waals surface area contributed by atoms with Crippen LogP contribution in [0.25, 0.3) is 17.2 Å². The van der Waals surface area contributed by atoms with Crippen LogP contribution in [0.3, 0.4) is 0 Å². The maximum absolute atomic E-state index is 13.5. The lowest BCUT2D eigenvalue weighted by atomic mass is 9.57. The van der Waals surface area contributed by atoms with E-state index in [-0.39, 0.29) is 29.7 Å². The third-order valence-electron chi connectivity index (χ3n) is 7.99. The highest BCUT2D eigenvalue weighted by atomic mass is 19.1. The Morgan fingerprint density at radius 1 is 1.16 bits per heavy atom. The molecule has 0 amide bonds. The molecule has 1 aromatic carbocycles. The van der Waals surface area contributed by atoms with Crippen molar-refractivity contribution in [1.82, 2.24) is 10.3 Å². The van der Waals surface area contributed by atoms with Crippen molar-refractivity contribution in [3.05, 3.63) is 60.2 Å². The molecule has 2 aliphatic carbocycles. The van der Waals surface area contributed by atoms with Gasteiger partial charge in [-0.25, -0.2) is 4.39 Å². The monoisotopic (exact) mass is 434 g/mol. The van der Waals surface area contributed by atoms with E-state index in [1.807, 2.05) is 25.2 Å². The number of benzene rings is 1. The Balaban J connectivity index is 1.38. The summed E-state index contributed by atoms with van der Waals surface area (Å²) in [5, 5.41) is 3.44. The Hall–Kier alpha value is -2.53. The normalized spacial score (nSPS) is 34.2. The number of cyclic esters (lactones) is 1. The molecule has 2 aromatic rings. The fourth-order valence-corrected chi connectivity index (χ4v) is 6.43. The minimum atomic E-state index is -0.247.